The second-order valence-corrected chi connectivity index (χ2v) is 15.4. The summed E-state index contributed by atoms with van der Waals surface area (Å²) in [4.78, 5) is 18.5. The van der Waals surface area contributed by atoms with Crippen LogP contribution < -0.4 is 11.0 Å². The molecule has 0 aliphatic carbocycles. The van der Waals surface area contributed by atoms with E-state index in [1.54, 1.807) is 27.7 Å². The van der Waals surface area contributed by atoms with E-state index in [1.165, 1.54) is 0 Å². The maximum absolute atomic E-state index is 12.1. The molecule has 0 rings (SSSR count). The molecular formula is C14H34N2O6P2S2. The van der Waals surface area contributed by atoms with Gasteiger partial charge >= 0.3 is 0 Å². The van der Waals surface area contributed by atoms with Crippen LogP contribution >= 0.6 is 15.0 Å². The fourth-order valence-electron chi connectivity index (χ4n) is 2.55. The molecule has 0 aromatic heterocycles. The zero-order valence-corrected chi connectivity index (χ0v) is 19.5. The topological polar surface area (TPSA) is 161 Å². The Bertz CT molecular complexity index is 548. The molecule has 4 atom stereocenters. The number of rotatable bonds is 13. The minimum Gasteiger partial charge on any atom is -0.333 e. The van der Waals surface area contributed by atoms with Gasteiger partial charge in [0.05, 0.1) is 0 Å². The first-order valence-corrected chi connectivity index (χ1v) is 15.1. The molecule has 26 heavy (non-hydrogen) atoms. The fourth-order valence-corrected chi connectivity index (χ4v) is 8.78. The summed E-state index contributed by atoms with van der Waals surface area (Å²) in [6, 6.07) is 0. The monoisotopic (exact) mass is 452 g/mol. The maximum atomic E-state index is 12.1. The first-order valence-electron chi connectivity index (χ1n) is 8.32. The molecule has 12 heteroatoms. The van der Waals surface area contributed by atoms with E-state index in [0.717, 1.165) is 0 Å². The van der Waals surface area contributed by atoms with E-state index in [9.17, 15) is 27.3 Å². The molecule has 0 aliphatic heterocycles. The van der Waals surface area contributed by atoms with Crippen LogP contribution in [0.4, 0.5) is 0 Å². The lowest BCUT2D eigenvalue weighted by atomic mass is 9.93. The summed E-state index contributed by atoms with van der Waals surface area (Å²) in [6.45, 7) is 7.21. The Hall–Kier alpha value is 0.600. The van der Waals surface area contributed by atoms with E-state index in [0.29, 0.717) is 24.3 Å². The third kappa shape index (κ3) is 15.6. The van der Waals surface area contributed by atoms with Crippen molar-refractivity contribution in [3.05, 3.63) is 0 Å². The minimum atomic E-state index is -3.61. The van der Waals surface area contributed by atoms with Crippen LogP contribution in [0, 0.1) is 10.8 Å². The predicted octanol–water partition coefficient (Wildman–Crippen LogP) is 1.60. The van der Waals surface area contributed by atoms with E-state index >= 15 is 0 Å². The molecule has 0 amide bonds. The normalized spacial score (nSPS) is 20.2. The molecule has 0 aliphatic rings. The summed E-state index contributed by atoms with van der Waals surface area (Å²) in [6.07, 6.45) is 0.911. The van der Waals surface area contributed by atoms with Crippen LogP contribution in [0.25, 0.3) is 0 Å². The Morgan fingerprint density at radius 2 is 1.00 bits per heavy atom. The highest BCUT2D eigenvalue weighted by molar-refractivity contribution is 7.88. The van der Waals surface area contributed by atoms with Crippen molar-refractivity contribution in [3.8, 4) is 0 Å². The molecule has 0 aromatic rings. The van der Waals surface area contributed by atoms with Gasteiger partial charge in [-0.3, -0.25) is 28.6 Å². The van der Waals surface area contributed by atoms with Crippen LogP contribution in [-0.4, -0.2) is 53.5 Å². The molecule has 0 fully saturated rings. The molecule has 0 aromatic carbocycles. The van der Waals surface area contributed by atoms with Gasteiger partial charge in [0, 0.05) is 56.9 Å². The van der Waals surface area contributed by atoms with Crippen LogP contribution in [0.1, 0.15) is 40.5 Å². The summed E-state index contributed by atoms with van der Waals surface area (Å²) >= 11 is 0. The van der Waals surface area contributed by atoms with Crippen molar-refractivity contribution in [2.75, 3.05) is 35.3 Å². The van der Waals surface area contributed by atoms with Crippen molar-refractivity contribution in [2.45, 2.75) is 40.5 Å². The van der Waals surface area contributed by atoms with Crippen molar-refractivity contribution in [1.29, 1.82) is 0 Å². The van der Waals surface area contributed by atoms with Crippen molar-refractivity contribution < 1.29 is 27.3 Å². The van der Waals surface area contributed by atoms with E-state index < -0.39 is 47.5 Å². The standard InChI is InChI=1S/C14H34N2O6P2S2/c1-13(2,11-23(15,17)18)5-7-25(21)9-10-26(22)8-6-14(3,4)12-24(16,19)20/h5-12H2,1-4H3,(H3,15,17,18)(H3,16,19,20). The minimum absolute atomic E-state index is 0.0337. The molecule has 0 saturated heterocycles. The molecule has 6 N–H and O–H groups in total. The van der Waals surface area contributed by atoms with Gasteiger partial charge in [-0.25, -0.2) is 0 Å². The fraction of sp³-hybridized carbons (Fsp3) is 1.00. The molecule has 0 spiro atoms. The number of hydrogen-bond donors (Lipinski definition) is 4. The molecule has 0 bridgehead atoms. The Kier molecular flexibility index (Phi) is 10.6. The highest BCUT2D eigenvalue weighted by Gasteiger charge is 2.28. The molecule has 8 nitrogen and oxygen atoms in total. The highest BCUT2D eigenvalue weighted by Crippen LogP contribution is 2.40. The van der Waals surface area contributed by atoms with Gasteiger partial charge in [-0.1, -0.05) is 27.7 Å². The molecule has 0 radical (unpaired) electrons. The second-order valence-electron chi connectivity index (χ2n) is 8.35. The van der Waals surface area contributed by atoms with Gasteiger partial charge in [0.25, 0.3) is 15.0 Å². The Morgan fingerprint density at radius 3 is 1.23 bits per heavy atom. The summed E-state index contributed by atoms with van der Waals surface area (Å²) in [7, 11) is -9.56. The summed E-state index contributed by atoms with van der Waals surface area (Å²) in [5.74, 6) is 1.29. The highest BCUT2D eigenvalue weighted by atomic mass is 32.2. The van der Waals surface area contributed by atoms with Crippen molar-refractivity contribution in [3.63, 3.8) is 0 Å². The summed E-state index contributed by atoms with van der Waals surface area (Å²) < 4.78 is 46.8. The van der Waals surface area contributed by atoms with E-state index in [1.807, 2.05) is 0 Å². The zero-order valence-electron chi connectivity index (χ0n) is 16.0. The van der Waals surface area contributed by atoms with Crippen LogP contribution in [0.2, 0.25) is 0 Å². The van der Waals surface area contributed by atoms with Gasteiger partial charge in [0.2, 0.25) is 0 Å². The molecule has 0 heterocycles. The maximum Gasteiger partial charge on any atom is 0.265 e. The lowest BCUT2D eigenvalue weighted by molar-refractivity contribution is 0.375. The van der Waals surface area contributed by atoms with E-state index in [2.05, 4.69) is 0 Å². The van der Waals surface area contributed by atoms with Gasteiger partial charge < -0.3 is 9.79 Å². The van der Waals surface area contributed by atoms with Crippen LogP contribution in [0.5, 0.6) is 0 Å². The SMILES string of the molecule is CC(C)(CCS(=O)CCS(=O)CCC(C)(C)CP(N)(=O)O)CP(N)(=O)O. The van der Waals surface area contributed by atoms with Crippen molar-refractivity contribution in [2.24, 2.45) is 21.8 Å². The molecule has 0 saturated carbocycles. The predicted molar refractivity (Wildman–Crippen MR) is 110 cm³/mol. The third-order valence-electron chi connectivity index (χ3n) is 3.86. The first-order chi connectivity index (χ1) is 11.4. The zero-order chi connectivity index (χ0) is 20.8. The Labute approximate surface area is 161 Å². The van der Waals surface area contributed by atoms with Gasteiger partial charge in [0.15, 0.2) is 0 Å². The van der Waals surface area contributed by atoms with Crippen molar-refractivity contribution in [1.82, 2.24) is 0 Å². The average Bonchev–Trinajstić information content (AvgIpc) is 2.35. The van der Waals surface area contributed by atoms with Crippen LogP contribution in [0.3, 0.4) is 0 Å². The third-order valence-corrected chi connectivity index (χ3v) is 9.38. The quantitative estimate of drug-likeness (QED) is 0.306. The first kappa shape index (κ1) is 26.6. The molecule has 158 valence electrons. The number of hydrogen-bond acceptors (Lipinski definition) is 4. The summed E-state index contributed by atoms with van der Waals surface area (Å²) in [5.41, 5.74) is 9.40. The van der Waals surface area contributed by atoms with Gasteiger partial charge in [0.1, 0.15) is 0 Å². The average molecular weight is 453 g/mol. The lowest BCUT2D eigenvalue weighted by Gasteiger charge is -2.25. The lowest BCUT2D eigenvalue weighted by Crippen LogP contribution is -2.24. The van der Waals surface area contributed by atoms with E-state index in [4.69, 9.17) is 11.0 Å². The molecular weight excluding hydrogens is 418 g/mol. The largest absolute Gasteiger partial charge is 0.333 e. The second kappa shape index (κ2) is 10.4. The van der Waals surface area contributed by atoms with Gasteiger partial charge in [-0.05, 0) is 23.7 Å². The smallest absolute Gasteiger partial charge is 0.265 e. The summed E-state index contributed by atoms with van der Waals surface area (Å²) in [5, 5.41) is 0. The van der Waals surface area contributed by atoms with Crippen LogP contribution in [0.15, 0.2) is 0 Å². The van der Waals surface area contributed by atoms with Gasteiger partial charge in [-0.15, -0.1) is 0 Å². The van der Waals surface area contributed by atoms with Crippen LogP contribution in [-0.2, 0) is 30.7 Å². The molecule has 4 unspecified atom stereocenters. The van der Waals surface area contributed by atoms with E-state index in [-0.39, 0.29) is 23.8 Å². The van der Waals surface area contributed by atoms with Gasteiger partial charge in [-0.2, -0.15) is 0 Å². The van der Waals surface area contributed by atoms with Crippen molar-refractivity contribution >= 4 is 36.6 Å². The number of nitrogens with two attached hydrogens (primary N) is 2. The Balaban J connectivity index is 4.22. The Morgan fingerprint density at radius 1 is 0.731 bits per heavy atom.